The van der Waals surface area contributed by atoms with E-state index in [9.17, 15) is 9.90 Å². The highest BCUT2D eigenvalue weighted by Crippen LogP contribution is 2.28. The number of Topliss-reactive ketones (excluding diaryl/α,β-unsaturated/α-hetero) is 1. The van der Waals surface area contributed by atoms with Gasteiger partial charge in [0.25, 0.3) is 0 Å². The van der Waals surface area contributed by atoms with Crippen molar-refractivity contribution in [1.29, 1.82) is 0 Å². The van der Waals surface area contributed by atoms with Crippen molar-refractivity contribution in [2.45, 2.75) is 26.1 Å². The molecule has 1 atom stereocenters. The zero-order chi connectivity index (χ0) is 20.6. The SMILES string of the molecule is COc1cc(C(C)=O)ccc1OCC(O)CN(Cc1ccco1)Cc1ccco1. The molecule has 7 heteroatoms. The number of nitrogens with zero attached hydrogens (tertiary/aromatic N) is 1. The minimum atomic E-state index is -0.753. The third-order valence-corrected chi connectivity index (χ3v) is 4.39. The summed E-state index contributed by atoms with van der Waals surface area (Å²) in [6.45, 7) is 2.98. The number of ether oxygens (including phenoxy) is 2. The van der Waals surface area contributed by atoms with Crippen molar-refractivity contribution < 1.29 is 28.2 Å². The topological polar surface area (TPSA) is 85.3 Å². The molecule has 0 radical (unpaired) electrons. The van der Waals surface area contributed by atoms with Crippen molar-refractivity contribution in [1.82, 2.24) is 4.90 Å². The van der Waals surface area contributed by atoms with E-state index in [4.69, 9.17) is 18.3 Å². The smallest absolute Gasteiger partial charge is 0.161 e. The Morgan fingerprint density at radius 1 is 1.07 bits per heavy atom. The zero-order valence-electron chi connectivity index (χ0n) is 16.5. The fraction of sp³-hybridized carbons (Fsp3) is 0.318. The summed E-state index contributed by atoms with van der Waals surface area (Å²) in [5, 5.41) is 10.5. The first-order valence-electron chi connectivity index (χ1n) is 9.32. The second-order valence-electron chi connectivity index (χ2n) is 6.72. The third kappa shape index (κ3) is 5.97. The van der Waals surface area contributed by atoms with Crippen molar-refractivity contribution in [3.63, 3.8) is 0 Å². The highest BCUT2D eigenvalue weighted by molar-refractivity contribution is 5.94. The molecule has 1 aromatic carbocycles. The number of furan rings is 2. The molecule has 0 amide bonds. The summed E-state index contributed by atoms with van der Waals surface area (Å²) >= 11 is 0. The van der Waals surface area contributed by atoms with E-state index in [1.807, 2.05) is 29.2 Å². The Bertz CT molecular complexity index is 852. The van der Waals surface area contributed by atoms with E-state index in [-0.39, 0.29) is 12.4 Å². The van der Waals surface area contributed by atoms with Crippen LogP contribution in [0.3, 0.4) is 0 Å². The molecule has 0 saturated heterocycles. The number of aliphatic hydroxyl groups excluding tert-OH is 1. The number of aliphatic hydroxyl groups is 1. The van der Waals surface area contributed by atoms with Crippen LogP contribution in [0.5, 0.6) is 11.5 Å². The lowest BCUT2D eigenvalue weighted by molar-refractivity contribution is 0.0571. The van der Waals surface area contributed by atoms with Gasteiger partial charge >= 0.3 is 0 Å². The second kappa shape index (κ2) is 9.95. The average molecular weight is 399 g/mol. The molecule has 1 unspecified atom stereocenters. The first-order chi connectivity index (χ1) is 14.0. The predicted octanol–water partition coefficient (Wildman–Crippen LogP) is 3.53. The van der Waals surface area contributed by atoms with E-state index >= 15 is 0 Å². The van der Waals surface area contributed by atoms with Gasteiger partial charge in [0, 0.05) is 12.1 Å². The normalized spacial score (nSPS) is 12.1. The molecule has 0 aliphatic carbocycles. The first-order valence-corrected chi connectivity index (χ1v) is 9.32. The quantitative estimate of drug-likeness (QED) is 0.494. The lowest BCUT2D eigenvalue weighted by Crippen LogP contribution is -2.35. The molecule has 7 nitrogen and oxygen atoms in total. The van der Waals surface area contributed by atoms with Crippen LogP contribution >= 0.6 is 0 Å². The molecule has 1 N–H and O–H groups in total. The summed E-state index contributed by atoms with van der Waals surface area (Å²) in [7, 11) is 1.51. The van der Waals surface area contributed by atoms with Crippen LogP contribution in [-0.2, 0) is 13.1 Å². The van der Waals surface area contributed by atoms with E-state index in [2.05, 4.69) is 0 Å². The van der Waals surface area contributed by atoms with Crippen LogP contribution in [0.25, 0.3) is 0 Å². The molecular formula is C22H25NO6. The molecule has 0 spiro atoms. The molecule has 0 bridgehead atoms. The highest BCUT2D eigenvalue weighted by atomic mass is 16.5. The third-order valence-electron chi connectivity index (χ3n) is 4.39. The molecule has 29 heavy (non-hydrogen) atoms. The second-order valence-corrected chi connectivity index (χ2v) is 6.72. The summed E-state index contributed by atoms with van der Waals surface area (Å²) in [6, 6.07) is 12.4. The fourth-order valence-corrected chi connectivity index (χ4v) is 2.97. The summed E-state index contributed by atoms with van der Waals surface area (Å²) in [6.07, 6.45) is 2.49. The van der Waals surface area contributed by atoms with Gasteiger partial charge in [-0.3, -0.25) is 9.69 Å². The predicted molar refractivity (Wildman–Crippen MR) is 106 cm³/mol. The summed E-state index contributed by atoms with van der Waals surface area (Å²) in [5.74, 6) is 2.46. The van der Waals surface area contributed by atoms with Crippen LogP contribution in [0.15, 0.2) is 63.8 Å². The maximum atomic E-state index is 11.5. The van der Waals surface area contributed by atoms with Crippen LogP contribution in [0.4, 0.5) is 0 Å². The number of benzene rings is 1. The van der Waals surface area contributed by atoms with Crippen molar-refractivity contribution in [2.24, 2.45) is 0 Å². The minimum absolute atomic E-state index is 0.0543. The van der Waals surface area contributed by atoms with E-state index in [1.54, 1.807) is 30.7 Å². The highest BCUT2D eigenvalue weighted by Gasteiger charge is 2.17. The van der Waals surface area contributed by atoms with Crippen LogP contribution in [-0.4, -0.2) is 42.2 Å². The molecule has 0 fully saturated rings. The van der Waals surface area contributed by atoms with Crippen molar-refractivity contribution >= 4 is 5.78 Å². The van der Waals surface area contributed by atoms with Gasteiger partial charge in [0.1, 0.15) is 24.2 Å². The Labute approximate surface area is 169 Å². The van der Waals surface area contributed by atoms with E-state index < -0.39 is 6.10 Å². The number of carbonyl (C=O) groups is 1. The fourth-order valence-electron chi connectivity index (χ4n) is 2.97. The largest absolute Gasteiger partial charge is 0.493 e. The molecule has 2 heterocycles. The van der Waals surface area contributed by atoms with Crippen molar-refractivity contribution in [2.75, 3.05) is 20.3 Å². The van der Waals surface area contributed by atoms with Crippen molar-refractivity contribution in [3.05, 3.63) is 72.1 Å². The number of hydrogen-bond donors (Lipinski definition) is 1. The standard InChI is InChI=1S/C22H25NO6/c1-16(24)17-7-8-21(22(11-17)26-2)29-15-18(25)12-23(13-19-5-3-9-27-19)14-20-6-4-10-28-20/h3-11,18,25H,12-15H2,1-2H3. The maximum Gasteiger partial charge on any atom is 0.161 e. The van der Waals surface area contributed by atoms with Gasteiger partial charge in [-0.2, -0.15) is 0 Å². The zero-order valence-corrected chi connectivity index (χ0v) is 16.5. The van der Waals surface area contributed by atoms with Gasteiger partial charge in [0.2, 0.25) is 0 Å². The first kappa shape index (κ1) is 20.7. The lowest BCUT2D eigenvalue weighted by Gasteiger charge is -2.23. The number of methoxy groups -OCH3 is 1. The van der Waals surface area contributed by atoms with Gasteiger partial charge in [-0.15, -0.1) is 0 Å². The van der Waals surface area contributed by atoms with Gasteiger partial charge in [-0.25, -0.2) is 0 Å². The Morgan fingerprint density at radius 2 is 1.72 bits per heavy atom. The summed E-state index contributed by atoms with van der Waals surface area (Å²) in [4.78, 5) is 13.5. The van der Waals surface area contributed by atoms with Gasteiger partial charge in [-0.1, -0.05) is 0 Å². The number of rotatable bonds is 11. The molecule has 0 aliphatic rings. The van der Waals surface area contributed by atoms with Crippen LogP contribution in [0.1, 0.15) is 28.8 Å². The Kier molecular flexibility index (Phi) is 7.10. The Hall–Kier alpha value is -3.03. The molecule has 2 aromatic heterocycles. The van der Waals surface area contributed by atoms with E-state index in [0.29, 0.717) is 36.7 Å². The molecule has 3 rings (SSSR count). The van der Waals surface area contributed by atoms with E-state index in [1.165, 1.54) is 14.0 Å². The van der Waals surface area contributed by atoms with Gasteiger partial charge in [0.05, 0.1) is 32.7 Å². The van der Waals surface area contributed by atoms with Gasteiger partial charge in [0.15, 0.2) is 17.3 Å². The Morgan fingerprint density at radius 3 is 2.24 bits per heavy atom. The molecule has 154 valence electrons. The molecule has 0 saturated carbocycles. The number of ketones is 1. The van der Waals surface area contributed by atoms with Crippen LogP contribution in [0.2, 0.25) is 0 Å². The molecule has 0 aliphatic heterocycles. The minimum Gasteiger partial charge on any atom is -0.493 e. The van der Waals surface area contributed by atoms with E-state index in [0.717, 1.165) is 11.5 Å². The monoisotopic (exact) mass is 399 g/mol. The number of hydrogen-bond acceptors (Lipinski definition) is 7. The maximum absolute atomic E-state index is 11.5. The van der Waals surface area contributed by atoms with Crippen molar-refractivity contribution in [3.8, 4) is 11.5 Å². The lowest BCUT2D eigenvalue weighted by atomic mass is 10.1. The average Bonchev–Trinajstić information content (AvgIpc) is 3.40. The summed E-state index contributed by atoms with van der Waals surface area (Å²) in [5.41, 5.74) is 0.540. The van der Waals surface area contributed by atoms with Gasteiger partial charge in [-0.05, 0) is 49.4 Å². The number of carbonyl (C=O) groups excluding carboxylic acids is 1. The van der Waals surface area contributed by atoms with Gasteiger partial charge < -0.3 is 23.4 Å². The summed E-state index contributed by atoms with van der Waals surface area (Å²) < 4.78 is 21.9. The Balaban J connectivity index is 1.60. The van der Waals surface area contributed by atoms with Crippen LogP contribution < -0.4 is 9.47 Å². The molecule has 3 aromatic rings. The van der Waals surface area contributed by atoms with Crippen LogP contribution in [0, 0.1) is 0 Å². The molecular weight excluding hydrogens is 374 g/mol.